The third kappa shape index (κ3) is 4.81. The van der Waals surface area contributed by atoms with Crippen LogP contribution in [0.1, 0.15) is 138 Å². The van der Waals surface area contributed by atoms with Crippen LogP contribution in [0.5, 0.6) is 0 Å². The second-order valence-corrected chi connectivity index (χ2v) is 19.3. The van der Waals surface area contributed by atoms with E-state index in [0.717, 1.165) is 88.5 Å². The summed E-state index contributed by atoms with van der Waals surface area (Å²) < 4.78 is 11.5. The average molecular weight is 687 g/mol. The summed E-state index contributed by atoms with van der Waals surface area (Å²) in [5, 5.41) is 10.1. The molecule has 8 aliphatic carbocycles. The van der Waals surface area contributed by atoms with Gasteiger partial charge in [0.15, 0.2) is 17.2 Å². The van der Waals surface area contributed by atoms with Gasteiger partial charge in [0.05, 0.1) is 12.2 Å². The van der Waals surface area contributed by atoms with Crippen molar-refractivity contribution in [3.8, 4) is 0 Å². The van der Waals surface area contributed by atoms with E-state index in [1.54, 1.807) is 13.8 Å². The van der Waals surface area contributed by atoms with E-state index in [1.807, 2.05) is 0 Å². The molecule has 14 atom stereocenters. The molecular formula is C44H62O6. The van der Waals surface area contributed by atoms with Gasteiger partial charge in [-0.15, -0.1) is 0 Å². The molecule has 0 radical (unpaired) electrons. The number of hydrogen-bond acceptors (Lipinski definition) is 6. The third-order valence-corrected chi connectivity index (χ3v) is 17.4. The van der Waals surface area contributed by atoms with E-state index >= 15 is 0 Å². The minimum atomic E-state index is -0.448. The van der Waals surface area contributed by atoms with E-state index in [2.05, 4.69) is 45.9 Å². The molecule has 274 valence electrons. The van der Waals surface area contributed by atoms with Gasteiger partial charge in [0, 0.05) is 18.8 Å². The summed E-state index contributed by atoms with van der Waals surface area (Å²) in [6.45, 7) is 14.6. The van der Waals surface area contributed by atoms with Crippen molar-refractivity contribution in [3.05, 3.63) is 34.9 Å². The molecule has 1 aliphatic heterocycles. The lowest BCUT2D eigenvalue weighted by Gasteiger charge is -2.58. The highest BCUT2D eigenvalue weighted by molar-refractivity contribution is 5.95. The number of Topliss-reactive ketones (excluding diaryl/α,β-unsaturated/α-hetero) is 2. The number of ether oxygens (including phenoxy) is 2. The maximum absolute atomic E-state index is 12.4. The first-order valence-electron chi connectivity index (χ1n) is 20.2. The van der Waals surface area contributed by atoms with Crippen LogP contribution < -0.4 is 0 Å². The molecule has 5 saturated carbocycles. The highest BCUT2D eigenvalue weighted by Crippen LogP contribution is 2.73. The summed E-state index contributed by atoms with van der Waals surface area (Å²) >= 11 is 0. The smallest absolute Gasteiger partial charge is 0.302 e. The van der Waals surface area contributed by atoms with Gasteiger partial charge in [-0.25, -0.2) is 0 Å². The monoisotopic (exact) mass is 686 g/mol. The summed E-state index contributed by atoms with van der Waals surface area (Å²) in [6, 6.07) is 0. The zero-order valence-electron chi connectivity index (χ0n) is 31.8. The number of fused-ring (bicyclic) bond motifs is 12. The predicted octanol–water partition coefficient (Wildman–Crippen LogP) is 8.65. The fourth-order valence-electron chi connectivity index (χ4n) is 14.8. The Labute approximate surface area is 300 Å². The lowest BCUT2D eigenvalue weighted by atomic mass is 9.47. The Bertz CT molecular complexity index is 1570. The maximum atomic E-state index is 12.4. The Kier molecular flexibility index (Phi) is 8.21. The van der Waals surface area contributed by atoms with Gasteiger partial charge in [0.25, 0.3) is 0 Å². The number of epoxide rings is 1. The van der Waals surface area contributed by atoms with Gasteiger partial charge in [0.1, 0.15) is 6.10 Å². The first kappa shape index (κ1) is 35.0. The molecule has 0 bridgehead atoms. The lowest BCUT2D eigenvalue weighted by molar-refractivity contribution is -0.148. The molecule has 6 heteroatoms. The Hall–Kier alpha value is -2.05. The van der Waals surface area contributed by atoms with E-state index in [9.17, 15) is 19.5 Å². The molecule has 0 spiro atoms. The number of rotatable bonds is 3. The zero-order chi connectivity index (χ0) is 35.6. The van der Waals surface area contributed by atoms with Crippen LogP contribution >= 0.6 is 0 Å². The number of ketones is 2. The van der Waals surface area contributed by atoms with Gasteiger partial charge >= 0.3 is 5.97 Å². The molecule has 6 fully saturated rings. The highest BCUT2D eigenvalue weighted by Gasteiger charge is 2.79. The Morgan fingerprint density at radius 2 is 1.32 bits per heavy atom. The normalized spacial score (nSPS) is 50.8. The van der Waals surface area contributed by atoms with Gasteiger partial charge in [-0.1, -0.05) is 57.1 Å². The summed E-state index contributed by atoms with van der Waals surface area (Å²) in [5.74, 6) is 4.42. The van der Waals surface area contributed by atoms with Crippen LogP contribution in [0, 0.1) is 57.2 Å². The van der Waals surface area contributed by atoms with Crippen molar-refractivity contribution in [1.29, 1.82) is 0 Å². The molecule has 9 rings (SSSR count). The van der Waals surface area contributed by atoms with Crippen LogP contribution in [0.25, 0.3) is 0 Å². The Morgan fingerprint density at radius 3 is 1.96 bits per heavy atom. The van der Waals surface area contributed by atoms with Gasteiger partial charge in [-0.2, -0.15) is 0 Å². The van der Waals surface area contributed by atoms with Gasteiger partial charge in [-0.3, -0.25) is 14.4 Å². The van der Waals surface area contributed by atoms with Crippen molar-refractivity contribution >= 4 is 17.5 Å². The van der Waals surface area contributed by atoms with Gasteiger partial charge in [-0.05, 0) is 155 Å². The van der Waals surface area contributed by atoms with Crippen molar-refractivity contribution in [2.75, 3.05) is 0 Å². The molecule has 1 N–H and O–H groups in total. The van der Waals surface area contributed by atoms with Crippen molar-refractivity contribution in [2.45, 2.75) is 162 Å². The fraction of sp³-hybridized carbons (Fsp3) is 0.795. The molecular weight excluding hydrogens is 624 g/mol. The summed E-state index contributed by atoms with van der Waals surface area (Å²) in [6.07, 6.45) is 22.4. The number of carbonyl (C=O) groups is 3. The maximum Gasteiger partial charge on any atom is 0.302 e. The predicted molar refractivity (Wildman–Crippen MR) is 193 cm³/mol. The second-order valence-electron chi connectivity index (χ2n) is 19.3. The van der Waals surface area contributed by atoms with Crippen LogP contribution in [0.15, 0.2) is 34.9 Å². The third-order valence-electron chi connectivity index (χ3n) is 17.4. The van der Waals surface area contributed by atoms with Crippen molar-refractivity contribution < 1.29 is 29.0 Å². The number of esters is 1. The summed E-state index contributed by atoms with van der Waals surface area (Å²) in [7, 11) is 0. The average Bonchev–Trinajstić information content (AvgIpc) is 3.60. The number of allylic oxidation sites excluding steroid dienone is 4. The van der Waals surface area contributed by atoms with Crippen LogP contribution in [0.3, 0.4) is 0 Å². The van der Waals surface area contributed by atoms with E-state index in [4.69, 9.17) is 9.47 Å². The van der Waals surface area contributed by atoms with E-state index in [-0.39, 0.29) is 57.5 Å². The SMILES string of the molecule is CC(=O)OC1CC[C@@]2(C)C(=CCC3C2CC[C@]2(C)C(C(C)=O)=CCC32)C1.CC(=O)[C@@]12OC1CC1C3CC=C4CC(O)CC[C@]4(C)C3CC[C@@]12C. The molecule has 0 aromatic heterocycles. The van der Waals surface area contributed by atoms with Crippen LogP contribution in [-0.4, -0.2) is 46.6 Å². The topological polar surface area (TPSA) is 93.2 Å². The summed E-state index contributed by atoms with van der Waals surface area (Å²) in [4.78, 5) is 35.9. The standard InChI is InChI=1S/C23H32O3.C21H30O3/c1-14(24)19-7-8-20-18-6-5-16-13-17(26-15(2)25)9-11-22(16,3)21(18)10-12-23(19,20)4;1-12(22)21-18(24-21)11-17-15-5-4-13-10-14(23)6-8-19(13,2)16(15)7-9-20(17,21)3/h5,7,17-18,20-21H,6,8-13H2,1-4H3;4,14-18,23H,5-11H2,1-3H3/t17?,18?,20?,21?,22-,23+;14?,15?,16?,17?,18?,19-,20-,21+/m00/s1. The first-order chi connectivity index (χ1) is 23.6. The van der Waals surface area contributed by atoms with E-state index in [0.29, 0.717) is 29.6 Å². The molecule has 0 aromatic carbocycles. The fourth-order valence-corrected chi connectivity index (χ4v) is 14.8. The number of carbonyl (C=O) groups excluding carboxylic acids is 3. The molecule has 1 saturated heterocycles. The van der Waals surface area contributed by atoms with Gasteiger partial charge in [0.2, 0.25) is 0 Å². The summed E-state index contributed by atoms with van der Waals surface area (Å²) in [5.41, 5.74) is 4.35. The number of aliphatic hydroxyl groups is 1. The van der Waals surface area contributed by atoms with Crippen molar-refractivity contribution in [2.24, 2.45) is 57.2 Å². The van der Waals surface area contributed by atoms with Crippen LogP contribution in [-0.2, 0) is 23.9 Å². The molecule has 6 nitrogen and oxygen atoms in total. The van der Waals surface area contributed by atoms with Crippen LogP contribution in [0.2, 0.25) is 0 Å². The largest absolute Gasteiger partial charge is 0.462 e. The number of hydrogen-bond donors (Lipinski definition) is 1. The van der Waals surface area contributed by atoms with E-state index in [1.165, 1.54) is 30.9 Å². The Balaban J connectivity index is 0.000000145. The number of aliphatic hydroxyl groups excluding tert-OH is 1. The first-order valence-corrected chi connectivity index (χ1v) is 20.2. The molecule has 1 heterocycles. The van der Waals surface area contributed by atoms with Crippen LogP contribution in [0.4, 0.5) is 0 Å². The minimum Gasteiger partial charge on any atom is -0.462 e. The molecule has 9 aliphatic rings. The second kappa shape index (κ2) is 11.7. The minimum absolute atomic E-state index is 0.0422. The quantitative estimate of drug-likeness (QED) is 0.182. The highest BCUT2D eigenvalue weighted by atomic mass is 16.6. The van der Waals surface area contributed by atoms with Crippen molar-refractivity contribution in [3.63, 3.8) is 0 Å². The molecule has 50 heavy (non-hydrogen) atoms. The zero-order valence-corrected chi connectivity index (χ0v) is 31.8. The molecule has 9 unspecified atom stereocenters. The molecule has 0 amide bonds. The molecule has 0 aromatic rings. The van der Waals surface area contributed by atoms with Gasteiger partial charge < -0.3 is 14.6 Å². The lowest BCUT2D eigenvalue weighted by Crippen LogP contribution is -2.54. The Morgan fingerprint density at radius 1 is 0.720 bits per heavy atom. The van der Waals surface area contributed by atoms with E-state index < -0.39 is 5.60 Å². The van der Waals surface area contributed by atoms with Crippen molar-refractivity contribution in [1.82, 2.24) is 0 Å².